The largest absolute Gasteiger partial charge is 1.00 e. The van der Waals surface area contributed by atoms with Crippen molar-refractivity contribution in [2.45, 2.75) is 122 Å². The van der Waals surface area contributed by atoms with Gasteiger partial charge in [-0.25, -0.2) is 0 Å². The molecule has 0 aromatic rings. The van der Waals surface area contributed by atoms with Crippen LogP contribution in [0.4, 0.5) is 0 Å². The molecule has 212 valence electrons. The molecule has 0 radical (unpaired) electrons. The Morgan fingerprint density at radius 2 is 1.38 bits per heavy atom. The van der Waals surface area contributed by atoms with Gasteiger partial charge in [0.05, 0.1) is 46.3 Å². The van der Waals surface area contributed by atoms with E-state index in [1.165, 1.54) is 114 Å². The Morgan fingerprint density at radius 1 is 0.757 bits per heavy atom. The van der Waals surface area contributed by atoms with E-state index in [9.17, 15) is 4.79 Å². The highest BCUT2D eigenvalue weighted by molar-refractivity contribution is 5.66. The van der Waals surface area contributed by atoms with Gasteiger partial charge in [0.1, 0.15) is 6.04 Å². The van der Waals surface area contributed by atoms with Crippen LogP contribution in [0.2, 0.25) is 0 Å². The topological polar surface area (TPSA) is 26.3 Å². The maximum absolute atomic E-state index is 12.4. The van der Waals surface area contributed by atoms with E-state index in [-0.39, 0.29) is 41.5 Å². The van der Waals surface area contributed by atoms with Crippen molar-refractivity contribution < 1.29 is 42.5 Å². The van der Waals surface area contributed by atoms with Gasteiger partial charge in [-0.15, -0.1) is 0 Å². The molecule has 0 spiro atoms. The number of quaternary nitrogens is 2. The number of carbonyl (C=O) groups is 1. The van der Waals surface area contributed by atoms with E-state index >= 15 is 0 Å². The molecule has 6 aliphatic rings. The fraction of sp³-hybridized carbons (Fsp3) is 0.969. The minimum atomic E-state index is -0.0508. The monoisotopic (exact) mass is 627 g/mol. The summed E-state index contributed by atoms with van der Waals surface area (Å²) in [6, 6.07) is 1.42. The molecule has 5 heteroatoms. The minimum Gasteiger partial charge on any atom is -1.00 e. The summed E-state index contributed by atoms with van der Waals surface area (Å²) in [4.78, 5) is 12.4. The Kier molecular flexibility index (Phi) is 7.89. The summed E-state index contributed by atoms with van der Waals surface area (Å²) in [5, 5.41) is 0. The lowest BCUT2D eigenvalue weighted by atomic mass is 9.45. The van der Waals surface area contributed by atoms with Crippen molar-refractivity contribution >= 4 is 5.97 Å². The zero-order valence-corrected chi connectivity index (χ0v) is 26.8. The van der Waals surface area contributed by atoms with Crippen LogP contribution >= 0.6 is 0 Å². The van der Waals surface area contributed by atoms with Crippen molar-refractivity contribution in [1.29, 1.82) is 0 Å². The van der Waals surface area contributed by atoms with Crippen LogP contribution in [0.15, 0.2) is 0 Å². The molecule has 6 rings (SSSR count). The summed E-state index contributed by atoms with van der Waals surface area (Å²) in [6.45, 7) is 12.3. The first kappa shape index (κ1) is 28.6. The van der Waals surface area contributed by atoms with Gasteiger partial charge in [0.15, 0.2) is 6.10 Å². The van der Waals surface area contributed by atoms with Gasteiger partial charge in [-0.3, -0.25) is 4.79 Å². The summed E-state index contributed by atoms with van der Waals surface area (Å²) in [5.41, 5.74) is 0.711. The molecule has 0 bridgehead atoms. The maximum Gasteiger partial charge on any atom is 0.303 e. The van der Waals surface area contributed by atoms with Crippen LogP contribution in [0, 0.1) is 34.5 Å². The molecular formula is C32H56IN2O2+. The summed E-state index contributed by atoms with van der Waals surface area (Å²) >= 11 is 0. The molecule has 9 atom stereocenters. The zero-order chi connectivity index (χ0) is 25.3. The molecule has 0 aromatic carbocycles. The number of piperidine rings is 1. The molecular weight excluding hydrogens is 571 g/mol. The number of hydrogen-bond donors (Lipinski definition) is 0. The Morgan fingerprint density at radius 3 is 2.05 bits per heavy atom. The Labute approximate surface area is 244 Å². The fourth-order valence-electron chi connectivity index (χ4n) is 11.7. The molecule has 4 aliphatic carbocycles. The van der Waals surface area contributed by atoms with Crippen molar-refractivity contribution in [3.8, 4) is 0 Å². The molecule has 2 heterocycles. The lowest BCUT2D eigenvalue weighted by Gasteiger charge is -2.61. The van der Waals surface area contributed by atoms with Crippen LogP contribution in [-0.4, -0.2) is 73.4 Å². The normalized spacial score (nSPS) is 48.2. The van der Waals surface area contributed by atoms with E-state index in [0.29, 0.717) is 11.5 Å². The van der Waals surface area contributed by atoms with Crippen LogP contribution in [-0.2, 0) is 9.53 Å². The van der Waals surface area contributed by atoms with Gasteiger partial charge in [-0.2, -0.15) is 0 Å². The lowest BCUT2D eigenvalue weighted by Crippen LogP contribution is -3.00. The Hall–Kier alpha value is 0.120. The van der Waals surface area contributed by atoms with E-state index in [1.807, 2.05) is 0 Å². The van der Waals surface area contributed by atoms with Gasteiger partial charge in [0, 0.05) is 38.0 Å². The number of hydrogen-bond acceptors (Lipinski definition) is 2. The molecule has 0 aromatic heterocycles. The average Bonchev–Trinajstić information content (AvgIpc) is 3.41. The second-order valence-corrected chi connectivity index (χ2v) is 15.6. The Balaban J connectivity index is 0.00000280. The first-order chi connectivity index (χ1) is 17.1. The third-order valence-electron chi connectivity index (χ3n) is 14.0. The smallest absolute Gasteiger partial charge is 0.303 e. The standard InChI is InChI=1S/C32H56N2O2.HI/c1-23(35)36-30-29(34(5)19-7-6-8-20-34)22-28-26-12-11-24-21-25(33(4)17-9-10-18-33)13-15-31(24,2)27(26)14-16-32(28,30)3;/h24-30H,6-22H2,1-5H3;1H/q+2;/p-1/t24-,25-,26?,27?,28?,29-,30-,31-,32-;/m0./s1. The van der Waals surface area contributed by atoms with E-state index in [0.717, 1.165) is 34.2 Å². The highest BCUT2D eigenvalue weighted by atomic mass is 127. The van der Waals surface area contributed by atoms with Crippen molar-refractivity contribution in [2.75, 3.05) is 40.3 Å². The van der Waals surface area contributed by atoms with Gasteiger partial charge in [-0.1, -0.05) is 13.8 Å². The highest BCUT2D eigenvalue weighted by Gasteiger charge is 2.67. The number of halogens is 1. The SMILES string of the molecule is CC(=O)O[C@H]1[C@@H]([N+]2(C)CCCCC2)CC2C3CC[C@H]4C[C@@H]([N+]5(C)CCCC5)CC[C@]4(C)C3CC[C@@]21C.[I-]. The summed E-state index contributed by atoms with van der Waals surface area (Å²) in [7, 11) is 5.08. The van der Waals surface area contributed by atoms with Crippen LogP contribution in [0.1, 0.15) is 104 Å². The molecule has 0 amide bonds. The Bertz CT molecular complexity index is 852. The van der Waals surface area contributed by atoms with Gasteiger partial charge in [-0.05, 0) is 86.9 Å². The van der Waals surface area contributed by atoms with Crippen LogP contribution in [0.25, 0.3) is 0 Å². The van der Waals surface area contributed by atoms with Gasteiger partial charge >= 0.3 is 5.97 Å². The molecule has 2 saturated heterocycles. The first-order valence-electron chi connectivity index (χ1n) is 15.9. The molecule has 4 nitrogen and oxygen atoms in total. The van der Waals surface area contributed by atoms with Crippen LogP contribution < -0.4 is 24.0 Å². The van der Waals surface area contributed by atoms with Gasteiger partial charge < -0.3 is 37.7 Å². The summed E-state index contributed by atoms with van der Waals surface area (Å²) in [6.07, 6.45) is 18.3. The van der Waals surface area contributed by atoms with Crippen LogP contribution in [0.3, 0.4) is 0 Å². The molecule has 0 N–H and O–H groups in total. The van der Waals surface area contributed by atoms with Crippen molar-refractivity contribution in [3.63, 3.8) is 0 Å². The van der Waals surface area contributed by atoms with E-state index < -0.39 is 0 Å². The number of carbonyl (C=O) groups excluding carboxylic acids is 1. The van der Waals surface area contributed by atoms with Gasteiger partial charge in [0.2, 0.25) is 0 Å². The van der Waals surface area contributed by atoms with E-state index in [2.05, 4.69) is 27.9 Å². The molecule has 3 unspecified atom stereocenters. The number of likely N-dealkylation sites (tertiary alicyclic amines) is 2. The van der Waals surface area contributed by atoms with Crippen molar-refractivity contribution in [2.24, 2.45) is 34.5 Å². The molecule has 2 aliphatic heterocycles. The average molecular weight is 628 g/mol. The van der Waals surface area contributed by atoms with Crippen LogP contribution in [0.5, 0.6) is 0 Å². The number of nitrogens with zero attached hydrogens (tertiary/aromatic N) is 2. The second kappa shape index (κ2) is 10.2. The second-order valence-electron chi connectivity index (χ2n) is 15.6. The summed E-state index contributed by atoms with van der Waals surface area (Å²) in [5.74, 6) is 3.36. The predicted octanol–water partition coefficient (Wildman–Crippen LogP) is 3.18. The lowest BCUT2D eigenvalue weighted by molar-refractivity contribution is -0.940. The third-order valence-corrected chi connectivity index (χ3v) is 14.0. The minimum absolute atomic E-state index is 0. The van der Waals surface area contributed by atoms with Crippen molar-refractivity contribution in [1.82, 2.24) is 0 Å². The quantitative estimate of drug-likeness (QED) is 0.273. The first-order valence-corrected chi connectivity index (χ1v) is 15.9. The maximum atomic E-state index is 12.4. The van der Waals surface area contributed by atoms with Gasteiger partial charge in [0.25, 0.3) is 0 Å². The van der Waals surface area contributed by atoms with Crippen molar-refractivity contribution in [3.05, 3.63) is 0 Å². The number of ether oxygens (including phenoxy) is 1. The number of fused-ring (bicyclic) bond motifs is 5. The molecule has 37 heavy (non-hydrogen) atoms. The highest BCUT2D eigenvalue weighted by Crippen LogP contribution is 2.67. The number of likely N-dealkylation sites (N-methyl/N-ethyl adjacent to an activating group) is 1. The molecule has 4 saturated carbocycles. The summed E-state index contributed by atoms with van der Waals surface area (Å²) < 4.78 is 8.88. The van der Waals surface area contributed by atoms with E-state index in [1.54, 1.807) is 6.92 Å². The fourth-order valence-corrected chi connectivity index (χ4v) is 11.7. The van der Waals surface area contributed by atoms with E-state index in [4.69, 9.17) is 4.74 Å². The predicted molar refractivity (Wildman–Crippen MR) is 145 cm³/mol. The zero-order valence-electron chi connectivity index (χ0n) is 24.7. The number of rotatable bonds is 3. The molecule has 6 fully saturated rings. The number of esters is 1. The third kappa shape index (κ3) is 4.55.